The van der Waals surface area contributed by atoms with Crippen LogP contribution in [0.5, 0.6) is 0 Å². The standard InChI is InChI=1S/C16H26N2S/c1-10(2)12-8-16(9-12,18-11(3)4)15-17-13-6-5-7-14(13)19-15/h10-12,18H,5-9H2,1-4H3. The Morgan fingerprint density at radius 1 is 1.21 bits per heavy atom. The Labute approximate surface area is 121 Å². The van der Waals surface area contributed by atoms with Gasteiger partial charge in [-0.15, -0.1) is 11.3 Å². The molecule has 0 saturated heterocycles. The summed E-state index contributed by atoms with van der Waals surface area (Å²) in [7, 11) is 0. The minimum absolute atomic E-state index is 0.193. The van der Waals surface area contributed by atoms with Gasteiger partial charge in [0.05, 0.1) is 11.2 Å². The van der Waals surface area contributed by atoms with Crippen molar-refractivity contribution in [1.82, 2.24) is 10.3 Å². The van der Waals surface area contributed by atoms with E-state index < -0.39 is 0 Å². The van der Waals surface area contributed by atoms with Crippen LogP contribution in [0.15, 0.2) is 0 Å². The summed E-state index contributed by atoms with van der Waals surface area (Å²) in [4.78, 5) is 6.55. The summed E-state index contributed by atoms with van der Waals surface area (Å²) in [6.45, 7) is 9.22. The van der Waals surface area contributed by atoms with Gasteiger partial charge in [0.2, 0.25) is 0 Å². The van der Waals surface area contributed by atoms with E-state index in [0.717, 1.165) is 11.8 Å². The number of hydrogen-bond acceptors (Lipinski definition) is 3. The third-order valence-electron chi connectivity index (χ3n) is 4.73. The van der Waals surface area contributed by atoms with Crippen molar-refractivity contribution < 1.29 is 0 Å². The van der Waals surface area contributed by atoms with Gasteiger partial charge in [-0.05, 0) is 57.8 Å². The lowest BCUT2D eigenvalue weighted by molar-refractivity contribution is 0.0597. The predicted octanol–water partition coefficient (Wildman–Crippen LogP) is 3.89. The molecule has 3 rings (SSSR count). The maximum atomic E-state index is 4.99. The molecule has 0 aromatic carbocycles. The molecule has 106 valence electrons. The maximum absolute atomic E-state index is 4.99. The molecule has 2 aliphatic carbocycles. The van der Waals surface area contributed by atoms with Crippen LogP contribution in [0.4, 0.5) is 0 Å². The Hall–Kier alpha value is -0.410. The zero-order valence-corrected chi connectivity index (χ0v) is 13.4. The summed E-state index contributed by atoms with van der Waals surface area (Å²) in [5.74, 6) is 1.67. The first kappa shape index (κ1) is 13.6. The summed E-state index contributed by atoms with van der Waals surface area (Å²) in [6, 6.07) is 0.534. The summed E-state index contributed by atoms with van der Waals surface area (Å²) in [5.41, 5.74) is 1.59. The summed E-state index contributed by atoms with van der Waals surface area (Å²) in [6.07, 6.45) is 6.33. The Kier molecular flexibility index (Phi) is 3.46. The average molecular weight is 278 g/mol. The Morgan fingerprint density at radius 2 is 1.95 bits per heavy atom. The number of aryl methyl sites for hydroxylation is 2. The van der Waals surface area contributed by atoms with Crippen LogP contribution in [0.1, 0.15) is 62.5 Å². The van der Waals surface area contributed by atoms with Crippen LogP contribution in [-0.2, 0) is 18.4 Å². The normalized spacial score (nSPS) is 29.9. The largest absolute Gasteiger partial charge is 0.303 e. The van der Waals surface area contributed by atoms with Gasteiger partial charge in [-0.3, -0.25) is 0 Å². The number of nitrogens with one attached hydrogen (secondary N) is 1. The number of aromatic nitrogens is 1. The fourth-order valence-electron chi connectivity index (χ4n) is 3.61. The van der Waals surface area contributed by atoms with Crippen LogP contribution < -0.4 is 5.32 Å². The zero-order valence-electron chi connectivity index (χ0n) is 12.6. The smallest absolute Gasteiger partial charge is 0.113 e. The van der Waals surface area contributed by atoms with Crippen molar-refractivity contribution in [1.29, 1.82) is 0 Å². The number of rotatable bonds is 4. The highest BCUT2D eigenvalue weighted by molar-refractivity contribution is 7.12. The number of nitrogens with zero attached hydrogens (tertiary/aromatic N) is 1. The Balaban J connectivity index is 1.83. The number of fused-ring (bicyclic) bond motifs is 1. The lowest BCUT2D eigenvalue weighted by atomic mass is 9.64. The second-order valence-corrected chi connectivity index (χ2v) is 8.12. The quantitative estimate of drug-likeness (QED) is 0.904. The van der Waals surface area contributed by atoms with E-state index in [1.54, 1.807) is 4.88 Å². The lowest BCUT2D eigenvalue weighted by Crippen LogP contribution is -2.55. The first-order chi connectivity index (χ1) is 9.00. The Morgan fingerprint density at radius 3 is 2.53 bits per heavy atom. The highest BCUT2D eigenvalue weighted by Gasteiger charge is 2.49. The fraction of sp³-hybridized carbons (Fsp3) is 0.812. The van der Waals surface area contributed by atoms with Crippen LogP contribution in [0, 0.1) is 11.8 Å². The zero-order chi connectivity index (χ0) is 13.6. The molecular weight excluding hydrogens is 252 g/mol. The topological polar surface area (TPSA) is 24.9 Å². The van der Waals surface area contributed by atoms with Gasteiger partial charge in [0, 0.05) is 10.9 Å². The van der Waals surface area contributed by atoms with E-state index in [1.807, 2.05) is 11.3 Å². The monoisotopic (exact) mass is 278 g/mol. The number of hydrogen-bond donors (Lipinski definition) is 1. The molecule has 0 aliphatic heterocycles. The molecule has 0 amide bonds. The lowest BCUT2D eigenvalue weighted by Gasteiger charge is -2.50. The molecule has 0 bridgehead atoms. The van der Waals surface area contributed by atoms with Crippen molar-refractivity contribution in [2.45, 2.75) is 71.4 Å². The second-order valence-electron chi connectivity index (χ2n) is 7.04. The van der Waals surface area contributed by atoms with Crippen LogP contribution in [-0.4, -0.2) is 11.0 Å². The summed E-state index contributed by atoms with van der Waals surface area (Å²) >= 11 is 1.99. The molecule has 0 radical (unpaired) electrons. The van der Waals surface area contributed by atoms with Crippen molar-refractivity contribution >= 4 is 11.3 Å². The van der Waals surface area contributed by atoms with Crippen molar-refractivity contribution in [2.75, 3.05) is 0 Å². The van der Waals surface area contributed by atoms with Crippen molar-refractivity contribution in [3.05, 3.63) is 15.6 Å². The third kappa shape index (κ3) is 2.36. The van der Waals surface area contributed by atoms with Gasteiger partial charge in [0.25, 0.3) is 0 Å². The fourth-order valence-corrected chi connectivity index (χ4v) is 4.93. The molecule has 2 aliphatic rings. The molecule has 1 fully saturated rings. The van der Waals surface area contributed by atoms with E-state index in [9.17, 15) is 0 Å². The van der Waals surface area contributed by atoms with Gasteiger partial charge in [-0.2, -0.15) is 0 Å². The Bertz CT molecular complexity index is 434. The highest BCUT2D eigenvalue weighted by atomic mass is 32.1. The highest BCUT2D eigenvalue weighted by Crippen LogP contribution is 2.51. The molecule has 0 unspecified atom stereocenters. The van der Waals surface area contributed by atoms with E-state index in [4.69, 9.17) is 4.98 Å². The first-order valence-corrected chi connectivity index (χ1v) is 8.58. The predicted molar refractivity (Wildman–Crippen MR) is 81.7 cm³/mol. The average Bonchev–Trinajstić information content (AvgIpc) is 2.81. The van der Waals surface area contributed by atoms with Gasteiger partial charge >= 0.3 is 0 Å². The van der Waals surface area contributed by atoms with Gasteiger partial charge in [0.1, 0.15) is 5.01 Å². The van der Waals surface area contributed by atoms with Crippen molar-refractivity contribution in [3.63, 3.8) is 0 Å². The molecule has 3 heteroatoms. The van der Waals surface area contributed by atoms with Gasteiger partial charge in [-0.25, -0.2) is 4.98 Å². The molecule has 0 atom stereocenters. The van der Waals surface area contributed by atoms with Crippen molar-refractivity contribution in [3.8, 4) is 0 Å². The maximum Gasteiger partial charge on any atom is 0.113 e. The molecule has 1 N–H and O–H groups in total. The van der Waals surface area contributed by atoms with E-state index in [0.29, 0.717) is 6.04 Å². The van der Waals surface area contributed by atoms with Crippen LogP contribution in [0.25, 0.3) is 0 Å². The van der Waals surface area contributed by atoms with Gasteiger partial charge in [-0.1, -0.05) is 13.8 Å². The first-order valence-electron chi connectivity index (χ1n) is 7.77. The van der Waals surface area contributed by atoms with Crippen molar-refractivity contribution in [2.24, 2.45) is 11.8 Å². The van der Waals surface area contributed by atoms with Gasteiger partial charge in [0.15, 0.2) is 0 Å². The SMILES string of the molecule is CC(C)NC1(c2nc3c(s2)CCC3)CC(C(C)C)C1. The second kappa shape index (κ2) is 4.85. The molecule has 1 aromatic heterocycles. The van der Waals surface area contributed by atoms with E-state index in [1.165, 1.54) is 42.8 Å². The molecular formula is C16H26N2S. The molecule has 19 heavy (non-hydrogen) atoms. The van der Waals surface area contributed by atoms with E-state index in [-0.39, 0.29) is 5.54 Å². The molecule has 2 nitrogen and oxygen atoms in total. The summed E-state index contributed by atoms with van der Waals surface area (Å²) in [5, 5.41) is 5.21. The van der Waals surface area contributed by atoms with Crippen LogP contribution in [0.3, 0.4) is 0 Å². The third-order valence-corrected chi connectivity index (χ3v) is 6.10. The summed E-state index contributed by atoms with van der Waals surface area (Å²) < 4.78 is 0. The van der Waals surface area contributed by atoms with E-state index in [2.05, 4.69) is 33.0 Å². The number of thiazole rings is 1. The minimum Gasteiger partial charge on any atom is -0.303 e. The van der Waals surface area contributed by atoms with Crippen LogP contribution >= 0.6 is 11.3 Å². The molecule has 0 spiro atoms. The van der Waals surface area contributed by atoms with Gasteiger partial charge < -0.3 is 5.32 Å². The molecule has 1 aromatic rings. The van der Waals surface area contributed by atoms with E-state index >= 15 is 0 Å². The molecule has 1 heterocycles. The van der Waals surface area contributed by atoms with Crippen LogP contribution in [0.2, 0.25) is 0 Å². The minimum atomic E-state index is 0.193. The molecule has 1 saturated carbocycles.